The molecule has 0 aliphatic carbocycles. The normalized spacial score (nSPS) is 15.0. The Bertz CT molecular complexity index is 1220. The van der Waals surface area contributed by atoms with Gasteiger partial charge in [-0.05, 0) is 36.4 Å². The van der Waals surface area contributed by atoms with Crippen molar-refractivity contribution in [3.05, 3.63) is 81.4 Å². The van der Waals surface area contributed by atoms with Crippen LogP contribution in [-0.4, -0.2) is 29.2 Å². The molecule has 7 nitrogen and oxygen atoms in total. The van der Waals surface area contributed by atoms with E-state index in [9.17, 15) is 14.9 Å². The lowest BCUT2D eigenvalue weighted by Gasteiger charge is -2.17. The number of anilines is 2. The van der Waals surface area contributed by atoms with E-state index < -0.39 is 4.92 Å². The van der Waals surface area contributed by atoms with Gasteiger partial charge in [-0.15, -0.1) is 0 Å². The summed E-state index contributed by atoms with van der Waals surface area (Å²) in [5, 5.41) is 11.0. The molecule has 0 saturated carbocycles. The van der Waals surface area contributed by atoms with Crippen LogP contribution in [0.5, 0.6) is 0 Å². The summed E-state index contributed by atoms with van der Waals surface area (Å²) in [7, 11) is 3.89. The molecule has 1 aliphatic heterocycles. The first-order chi connectivity index (χ1) is 14.8. The first kappa shape index (κ1) is 20.8. The van der Waals surface area contributed by atoms with E-state index in [4.69, 9.17) is 16.6 Å². The minimum atomic E-state index is -0.455. The third-order valence-corrected chi connectivity index (χ3v) is 5.96. The van der Waals surface area contributed by atoms with Gasteiger partial charge in [-0.25, -0.2) is 0 Å². The summed E-state index contributed by atoms with van der Waals surface area (Å²) in [4.78, 5) is 27.4. The number of thioether (sulfide) groups is 1. The smallest absolute Gasteiger partial charge is 0.270 e. The summed E-state index contributed by atoms with van der Waals surface area (Å²) in [6.45, 7) is 0. The van der Waals surface area contributed by atoms with E-state index in [1.165, 1.54) is 28.8 Å². The van der Waals surface area contributed by atoms with E-state index in [-0.39, 0.29) is 11.6 Å². The highest BCUT2D eigenvalue weighted by Crippen LogP contribution is 2.37. The molecule has 1 aliphatic rings. The number of carbonyl (C=O) groups is 1. The molecule has 3 aromatic rings. The fourth-order valence-electron chi connectivity index (χ4n) is 3.08. The molecule has 156 valence electrons. The lowest BCUT2D eigenvalue weighted by atomic mass is 10.1. The molecule has 0 unspecified atom stereocenters. The second-order valence-corrected chi connectivity index (χ2v) is 8.61. The van der Waals surface area contributed by atoms with E-state index in [2.05, 4.69) is 0 Å². The highest BCUT2D eigenvalue weighted by Gasteiger charge is 2.33. The Balaban J connectivity index is 1.57. The number of benzene rings is 2. The maximum absolute atomic E-state index is 13.0. The van der Waals surface area contributed by atoms with Crippen molar-refractivity contribution in [1.82, 2.24) is 0 Å². The second kappa shape index (κ2) is 8.37. The molecule has 2 aromatic carbocycles. The highest BCUT2D eigenvalue weighted by molar-refractivity contribution is 8.27. The first-order valence-corrected chi connectivity index (χ1v) is 10.5. The van der Waals surface area contributed by atoms with Crippen LogP contribution in [0.25, 0.3) is 17.4 Å². The number of hydrogen-bond acceptors (Lipinski definition) is 7. The van der Waals surface area contributed by atoms with Gasteiger partial charge in [0.15, 0.2) is 4.32 Å². The Morgan fingerprint density at radius 2 is 1.87 bits per heavy atom. The van der Waals surface area contributed by atoms with Gasteiger partial charge in [-0.3, -0.25) is 19.8 Å². The molecule has 0 bridgehead atoms. The number of nitro benzene ring substituents is 1. The van der Waals surface area contributed by atoms with Gasteiger partial charge < -0.3 is 9.32 Å². The van der Waals surface area contributed by atoms with Crippen molar-refractivity contribution in [2.45, 2.75) is 0 Å². The molecule has 1 fully saturated rings. The Hall–Kier alpha value is -3.43. The number of thiocarbonyl (C=S) groups is 1. The van der Waals surface area contributed by atoms with E-state index in [1.54, 1.807) is 30.3 Å². The maximum atomic E-state index is 13.0. The van der Waals surface area contributed by atoms with Gasteiger partial charge in [-0.1, -0.05) is 36.1 Å². The Kier molecular flexibility index (Phi) is 5.62. The molecule has 31 heavy (non-hydrogen) atoms. The van der Waals surface area contributed by atoms with Crippen LogP contribution in [-0.2, 0) is 4.79 Å². The van der Waals surface area contributed by atoms with Gasteiger partial charge in [0.05, 0.1) is 15.5 Å². The zero-order valence-corrected chi connectivity index (χ0v) is 18.3. The Morgan fingerprint density at radius 3 is 2.55 bits per heavy atom. The average molecular weight is 452 g/mol. The number of amides is 1. The van der Waals surface area contributed by atoms with Crippen LogP contribution in [0.1, 0.15) is 5.76 Å². The predicted molar refractivity (Wildman–Crippen MR) is 127 cm³/mol. The number of nitro groups is 1. The number of hydrogen-bond donors (Lipinski definition) is 0. The molecular formula is C22H17N3O4S2. The zero-order valence-electron chi connectivity index (χ0n) is 16.6. The van der Waals surface area contributed by atoms with E-state index in [0.29, 0.717) is 32.0 Å². The van der Waals surface area contributed by atoms with Gasteiger partial charge in [0, 0.05) is 43.6 Å². The quantitative estimate of drug-likeness (QED) is 0.225. The molecule has 0 spiro atoms. The summed E-state index contributed by atoms with van der Waals surface area (Å²) < 4.78 is 6.24. The molecule has 1 amide bonds. The van der Waals surface area contributed by atoms with Gasteiger partial charge in [-0.2, -0.15) is 0 Å². The number of nitrogens with zero attached hydrogens (tertiary/aromatic N) is 3. The van der Waals surface area contributed by atoms with Crippen molar-refractivity contribution in [1.29, 1.82) is 0 Å². The summed E-state index contributed by atoms with van der Waals surface area (Å²) in [5.74, 6) is 0.718. The summed E-state index contributed by atoms with van der Waals surface area (Å²) in [6.07, 6.45) is 1.63. The molecule has 0 radical (unpaired) electrons. The highest BCUT2D eigenvalue weighted by atomic mass is 32.2. The summed E-state index contributed by atoms with van der Waals surface area (Å²) in [5.41, 5.74) is 2.29. The molecular weight excluding hydrogens is 434 g/mol. The van der Waals surface area contributed by atoms with Gasteiger partial charge in [0.1, 0.15) is 11.5 Å². The maximum Gasteiger partial charge on any atom is 0.270 e. The SMILES string of the molecule is CN(C)c1ccc(N2C(=O)/C(=C\c3ccc(-c4cccc([N+](=O)[O-])c4)o3)SC2=S)cc1. The fraction of sp³-hybridized carbons (Fsp3) is 0.0909. The van der Waals surface area contributed by atoms with Crippen molar-refractivity contribution in [2.24, 2.45) is 0 Å². The molecule has 9 heteroatoms. The lowest BCUT2D eigenvalue weighted by molar-refractivity contribution is -0.384. The molecule has 1 aromatic heterocycles. The summed E-state index contributed by atoms with van der Waals surface area (Å²) in [6, 6.07) is 17.2. The van der Waals surface area contributed by atoms with E-state index >= 15 is 0 Å². The fourth-order valence-corrected chi connectivity index (χ4v) is 4.36. The van der Waals surface area contributed by atoms with Gasteiger partial charge >= 0.3 is 0 Å². The number of furan rings is 1. The second-order valence-electron chi connectivity index (χ2n) is 6.94. The summed E-state index contributed by atoms with van der Waals surface area (Å²) >= 11 is 6.62. The van der Waals surface area contributed by atoms with Crippen molar-refractivity contribution in [3.63, 3.8) is 0 Å². The van der Waals surface area contributed by atoms with Crippen LogP contribution in [0, 0.1) is 10.1 Å². The van der Waals surface area contributed by atoms with Gasteiger partial charge in [0.2, 0.25) is 0 Å². The molecule has 2 heterocycles. The number of non-ortho nitro benzene ring substituents is 1. The first-order valence-electron chi connectivity index (χ1n) is 9.23. The van der Waals surface area contributed by atoms with E-state index in [0.717, 1.165) is 5.69 Å². The Labute approximate surface area is 188 Å². The molecule has 0 N–H and O–H groups in total. The minimum absolute atomic E-state index is 0.0170. The molecule has 4 rings (SSSR count). The third-order valence-electron chi connectivity index (χ3n) is 4.66. The number of carbonyl (C=O) groups excluding carboxylic acids is 1. The zero-order chi connectivity index (χ0) is 22.1. The standard InChI is InChI=1S/C22H17N3O4S2/c1-23(2)15-6-8-16(9-7-15)24-21(26)20(31-22(24)30)13-18-10-11-19(29-18)14-4-3-5-17(12-14)25(27)28/h3-13H,1-2H3/b20-13+. The minimum Gasteiger partial charge on any atom is -0.457 e. The van der Waals surface area contributed by atoms with Crippen LogP contribution >= 0.6 is 24.0 Å². The lowest BCUT2D eigenvalue weighted by Crippen LogP contribution is -2.27. The van der Waals surface area contributed by atoms with Crippen LogP contribution in [0.2, 0.25) is 0 Å². The predicted octanol–water partition coefficient (Wildman–Crippen LogP) is 5.33. The Morgan fingerprint density at radius 1 is 1.13 bits per heavy atom. The van der Waals surface area contributed by atoms with E-state index in [1.807, 2.05) is 43.3 Å². The molecule has 0 atom stereocenters. The van der Waals surface area contributed by atoms with Crippen LogP contribution in [0.4, 0.5) is 17.1 Å². The van der Waals surface area contributed by atoms with Crippen molar-refractivity contribution in [2.75, 3.05) is 23.9 Å². The third kappa shape index (κ3) is 4.23. The average Bonchev–Trinajstić information content (AvgIpc) is 3.33. The largest absolute Gasteiger partial charge is 0.457 e. The number of rotatable bonds is 5. The van der Waals surface area contributed by atoms with Crippen molar-refractivity contribution >= 4 is 57.3 Å². The molecule has 1 saturated heterocycles. The van der Waals surface area contributed by atoms with Crippen LogP contribution < -0.4 is 9.80 Å². The van der Waals surface area contributed by atoms with Gasteiger partial charge in [0.25, 0.3) is 11.6 Å². The van der Waals surface area contributed by atoms with Crippen LogP contribution in [0.3, 0.4) is 0 Å². The van der Waals surface area contributed by atoms with Crippen molar-refractivity contribution < 1.29 is 14.1 Å². The topological polar surface area (TPSA) is 79.8 Å². The van der Waals surface area contributed by atoms with Crippen LogP contribution in [0.15, 0.2) is 70.0 Å². The monoisotopic (exact) mass is 451 g/mol. The van der Waals surface area contributed by atoms with Crippen molar-refractivity contribution in [3.8, 4) is 11.3 Å².